The summed E-state index contributed by atoms with van der Waals surface area (Å²) in [5.74, 6) is 1.90. The first kappa shape index (κ1) is 9.47. The molecule has 2 aliphatic rings. The topological polar surface area (TPSA) is 21.3 Å². The first-order valence-electron chi connectivity index (χ1n) is 5.47. The zero-order valence-corrected chi connectivity index (χ0v) is 8.81. The first-order valence-corrected chi connectivity index (χ1v) is 5.47. The molecule has 13 heavy (non-hydrogen) atoms. The van der Waals surface area contributed by atoms with Crippen molar-refractivity contribution < 1.29 is 4.74 Å². The van der Waals surface area contributed by atoms with Crippen molar-refractivity contribution in [1.29, 1.82) is 0 Å². The van der Waals surface area contributed by atoms with E-state index in [0.717, 1.165) is 25.0 Å². The van der Waals surface area contributed by atoms with E-state index in [4.69, 9.17) is 4.74 Å². The summed E-state index contributed by atoms with van der Waals surface area (Å²) in [6.45, 7) is 2.11. The summed E-state index contributed by atoms with van der Waals surface area (Å²) < 4.78 is 5.42. The van der Waals surface area contributed by atoms with Crippen LogP contribution >= 0.6 is 0 Å². The van der Waals surface area contributed by atoms with Crippen molar-refractivity contribution in [2.45, 2.75) is 25.7 Å². The molecule has 0 unspecified atom stereocenters. The molecule has 0 amide bonds. The van der Waals surface area contributed by atoms with Crippen LogP contribution in [-0.4, -0.2) is 27.3 Å². The SMILES string of the molecule is CNCC(COC)(C1CC1)C1CC1. The van der Waals surface area contributed by atoms with Gasteiger partial charge in [-0.1, -0.05) is 0 Å². The van der Waals surface area contributed by atoms with E-state index in [1.54, 1.807) is 0 Å². The van der Waals surface area contributed by atoms with Crippen molar-refractivity contribution in [3.05, 3.63) is 0 Å². The van der Waals surface area contributed by atoms with Gasteiger partial charge in [0, 0.05) is 19.1 Å². The van der Waals surface area contributed by atoms with E-state index >= 15 is 0 Å². The number of nitrogens with one attached hydrogen (secondary N) is 1. The fraction of sp³-hybridized carbons (Fsp3) is 1.00. The van der Waals surface area contributed by atoms with Gasteiger partial charge in [-0.15, -0.1) is 0 Å². The predicted molar refractivity (Wildman–Crippen MR) is 53.7 cm³/mol. The molecule has 2 nitrogen and oxygen atoms in total. The molecule has 2 heteroatoms. The fourth-order valence-corrected chi connectivity index (χ4v) is 2.82. The second-order valence-electron chi connectivity index (χ2n) is 4.75. The van der Waals surface area contributed by atoms with Crippen molar-refractivity contribution in [3.63, 3.8) is 0 Å². The van der Waals surface area contributed by atoms with Gasteiger partial charge in [0.15, 0.2) is 0 Å². The van der Waals surface area contributed by atoms with Crippen LogP contribution in [0.1, 0.15) is 25.7 Å². The highest BCUT2D eigenvalue weighted by Crippen LogP contribution is 2.57. The van der Waals surface area contributed by atoms with Crippen molar-refractivity contribution >= 4 is 0 Å². The smallest absolute Gasteiger partial charge is 0.0536 e. The number of rotatable bonds is 6. The second-order valence-corrected chi connectivity index (χ2v) is 4.75. The molecule has 0 saturated heterocycles. The Hall–Kier alpha value is -0.0800. The molecular weight excluding hydrogens is 162 g/mol. The molecule has 0 bridgehead atoms. The Morgan fingerprint density at radius 3 is 2.08 bits per heavy atom. The molecule has 2 fully saturated rings. The molecule has 2 aliphatic carbocycles. The highest BCUT2D eigenvalue weighted by molar-refractivity contribution is 5.04. The zero-order chi connectivity index (χ0) is 9.31. The average Bonchev–Trinajstić information content (AvgIpc) is 2.96. The quantitative estimate of drug-likeness (QED) is 0.676. The highest BCUT2D eigenvalue weighted by Gasteiger charge is 2.53. The van der Waals surface area contributed by atoms with Crippen LogP contribution in [0.15, 0.2) is 0 Å². The molecule has 0 aromatic carbocycles. The summed E-state index contributed by atoms with van der Waals surface area (Å²) in [5, 5.41) is 3.36. The van der Waals surface area contributed by atoms with Gasteiger partial charge >= 0.3 is 0 Å². The lowest BCUT2D eigenvalue weighted by molar-refractivity contribution is 0.0446. The summed E-state index contributed by atoms with van der Waals surface area (Å²) in [4.78, 5) is 0. The lowest BCUT2D eigenvalue weighted by Gasteiger charge is -2.33. The van der Waals surface area contributed by atoms with Gasteiger partial charge in [0.05, 0.1) is 6.61 Å². The number of methoxy groups -OCH3 is 1. The van der Waals surface area contributed by atoms with Gasteiger partial charge in [0.2, 0.25) is 0 Å². The van der Waals surface area contributed by atoms with Crippen molar-refractivity contribution in [3.8, 4) is 0 Å². The van der Waals surface area contributed by atoms with Crippen LogP contribution in [0.2, 0.25) is 0 Å². The van der Waals surface area contributed by atoms with Gasteiger partial charge in [-0.3, -0.25) is 0 Å². The zero-order valence-electron chi connectivity index (χ0n) is 8.81. The number of hydrogen-bond acceptors (Lipinski definition) is 2. The largest absolute Gasteiger partial charge is 0.384 e. The summed E-state index contributed by atoms with van der Waals surface area (Å²) in [6, 6.07) is 0. The van der Waals surface area contributed by atoms with Gasteiger partial charge in [-0.05, 0) is 44.6 Å². The molecule has 0 aromatic heterocycles. The number of hydrogen-bond donors (Lipinski definition) is 1. The van der Waals surface area contributed by atoms with E-state index in [1.165, 1.54) is 25.7 Å². The highest BCUT2D eigenvalue weighted by atomic mass is 16.5. The van der Waals surface area contributed by atoms with Gasteiger partial charge in [0.1, 0.15) is 0 Å². The normalized spacial score (nSPS) is 23.5. The predicted octanol–water partition coefficient (Wildman–Crippen LogP) is 1.66. The molecular formula is C11H21NO. The Morgan fingerprint density at radius 2 is 1.77 bits per heavy atom. The molecule has 0 spiro atoms. The van der Waals surface area contributed by atoms with Crippen LogP contribution in [0.25, 0.3) is 0 Å². The van der Waals surface area contributed by atoms with Crippen molar-refractivity contribution in [1.82, 2.24) is 5.32 Å². The first-order chi connectivity index (χ1) is 6.33. The van der Waals surface area contributed by atoms with E-state index in [0.29, 0.717) is 5.41 Å². The molecule has 0 atom stereocenters. The Labute approximate surface area is 81.0 Å². The fourth-order valence-electron chi connectivity index (χ4n) is 2.82. The summed E-state index contributed by atoms with van der Waals surface area (Å²) in [6.07, 6.45) is 5.73. The molecule has 0 aromatic rings. The molecule has 0 aliphatic heterocycles. The number of ether oxygens (including phenoxy) is 1. The minimum atomic E-state index is 0.490. The van der Waals surface area contributed by atoms with E-state index in [9.17, 15) is 0 Å². The summed E-state index contributed by atoms with van der Waals surface area (Å²) in [7, 11) is 3.91. The Kier molecular flexibility index (Phi) is 2.61. The molecule has 2 rings (SSSR count). The van der Waals surface area contributed by atoms with Crippen LogP contribution < -0.4 is 5.32 Å². The Bertz CT molecular complexity index is 153. The third-order valence-corrected chi connectivity index (χ3v) is 3.70. The molecule has 76 valence electrons. The van der Waals surface area contributed by atoms with E-state index in [-0.39, 0.29) is 0 Å². The molecule has 0 radical (unpaired) electrons. The summed E-state index contributed by atoms with van der Waals surface area (Å²) >= 11 is 0. The monoisotopic (exact) mass is 183 g/mol. The maximum Gasteiger partial charge on any atom is 0.0536 e. The standard InChI is InChI=1S/C11H21NO/c1-12-7-11(8-13-2,9-3-4-9)10-5-6-10/h9-10,12H,3-8H2,1-2H3. The molecule has 1 N–H and O–H groups in total. The van der Waals surface area contributed by atoms with E-state index < -0.39 is 0 Å². The van der Waals surface area contributed by atoms with Gasteiger partial charge in [-0.25, -0.2) is 0 Å². The van der Waals surface area contributed by atoms with E-state index in [2.05, 4.69) is 12.4 Å². The Morgan fingerprint density at radius 1 is 1.23 bits per heavy atom. The maximum atomic E-state index is 5.42. The average molecular weight is 183 g/mol. The van der Waals surface area contributed by atoms with Gasteiger partial charge in [-0.2, -0.15) is 0 Å². The van der Waals surface area contributed by atoms with Crippen LogP contribution in [0.5, 0.6) is 0 Å². The maximum absolute atomic E-state index is 5.42. The minimum absolute atomic E-state index is 0.490. The van der Waals surface area contributed by atoms with Crippen LogP contribution in [-0.2, 0) is 4.74 Å². The third-order valence-electron chi connectivity index (χ3n) is 3.70. The van der Waals surface area contributed by atoms with Gasteiger partial charge < -0.3 is 10.1 Å². The van der Waals surface area contributed by atoms with Crippen LogP contribution in [0.3, 0.4) is 0 Å². The second kappa shape index (κ2) is 3.58. The summed E-state index contributed by atoms with van der Waals surface area (Å²) in [5.41, 5.74) is 0.490. The van der Waals surface area contributed by atoms with Crippen molar-refractivity contribution in [2.24, 2.45) is 17.3 Å². The van der Waals surface area contributed by atoms with Crippen LogP contribution in [0.4, 0.5) is 0 Å². The lowest BCUT2D eigenvalue weighted by atomic mass is 9.78. The Balaban J connectivity index is 2.03. The van der Waals surface area contributed by atoms with E-state index in [1.807, 2.05) is 7.11 Å². The van der Waals surface area contributed by atoms with Crippen LogP contribution in [0, 0.1) is 17.3 Å². The van der Waals surface area contributed by atoms with Crippen molar-refractivity contribution in [2.75, 3.05) is 27.3 Å². The molecule has 2 saturated carbocycles. The lowest BCUT2D eigenvalue weighted by Crippen LogP contribution is -2.40. The molecule has 0 heterocycles. The minimum Gasteiger partial charge on any atom is -0.384 e. The third kappa shape index (κ3) is 1.75. The van der Waals surface area contributed by atoms with Gasteiger partial charge in [0.25, 0.3) is 0 Å².